The Morgan fingerprint density at radius 2 is 2.17 bits per heavy atom. The van der Waals surface area contributed by atoms with Gasteiger partial charge >= 0.3 is 6.18 Å². The maximum Gasteiger partial charge on any atom is 0.433 e. The molecule has 3 heterocycles. The van der Waals surface area contributed by atoms with Gasteiger partial charge in [-0.3, -0.25) is 4.90 Å². The summed E-state index contributed by atoms with van der Waals surface area (Å²) in [4.78, 5) is 9.40. The van der Waals surface area contributed by atoms with E-state index in [0.717, 1.165) is 44.6 Å². The second-order valence-corrected chi connectivity index (χ2v) is 6.20. The van der Waals surface area contributed by atoms with E-state index in [4.69, 9.17) is 9.47 Å². The molecule has 2 fully saturated rings. The molecule has 0 N–H and O–H groups in total. The third kappa shape index (κ3) is 3.28. The zero-order valence-electron chi connectivity index (χ0n) is 13.0. The van der Waals surface area contributed by atoms with Gasteiger partial charge in [0.1, 0.15) is 12.9 Å². The number of hydrogen-bond acceptors (Lipinski definition) is 5. The molecule has 1 aromatic heterocycles. The topological polar surface area (TPSA) is 47.5 Å². The molecule has 0 spiro atoms. The number of aromatic nitrogens is 2. The Hall–Kier alpha value is -1.41. The Morgan fingerprint density at radius 1 is 1.35 bits per heavy atom. The second kappa shape index (κ2) is 6.24. The summed E-state index contributed by atoms with van der Waals surface area (Å²) in [6.45, 7) is 2.00. The highest BCUT2D eigenvalue weighted by atomic mass is 19.4. The van der Waals surface area contributed by atoms with E-state index in [-0.39, 0.29) is 17.5 Å². The van der Waals surface area contributed by atoms with Crippen molar-refractivity contribution in [3.63, 3.8) is 0 Å². The highest BCUT2D eigenvalue weighted by molar-refractivity contribution is 5.16. The molecule has 23 heavy (non-hydrogen) atoms. The van der Waals surface area contributed by atoms with Crippen molar-refractivity contribution in [2.24, 2.45) is 0 Å². The second-order valence-electron chi connectivity index (χ2n) is 6.20. The summed E-state index contributed by atoms with van der Waals surface area (Å²) in [7, 11) is 1.70. The average molecular weight is 331 g/mol. The molecule has 2 aliphatic heterocycles. The van der Waals surface area contributed by atoms with Crippen LogP contribution in [0.5, 0.6) is 5.88 Å². The van der Waals surface area contributed by atoms with Crippen LogP contribution in [0.2, 0.25) is 0 Å². The number of ether oxygens (including phenoxy) is 2. The standard InChI is InChI=1S/C15H20F3N3O2/c1-22-9-14-4-2-6-21(14)11(3-5-14)8-23-13-7-12(15(16,17)18)19-10-20-13/h7,10-11H,2-6,8-9H2,1H3/t11-,14-/m1/s1. The number of alkyl halides is 3. The lowest BCUT2D eigenvalue weighted by Gasteiger charge is -2.34. The normalized spacial score (nSPS) is 28.1. The largest absolute Gasteiger partial charge is 0.476 e. The van der Waals surface area contributed by atoms with Crippen LogP contribution < -0.4 is 4.74 Å². The minimum atomic E-state index is -4.49. The first-order valence-corrected chi connectivity index (χ1v) is 7.72. The van der Waals surface area contributed by atoms with Crippen LogP contribution in [0.15, 0.2) is 12.4 Å². The Bertz CT molecular complexity index is 555. The van der Waals surface area contributed by atoms with E-state index in [1.807, 2.05) is 0 Å². The van der Waals surface area contributed by atoms with Crippen molar-refractivity contribution in [2.45, 2.75) is 43.4 Å². The first-order chi connectivity index (χ1) is 10.9. The van der Waals surface area contributed by atoms with Crippen molar-refractivity contribution < 1.29 is 22.6 Å². The van der Waals surface area contributed by atoms with Crippen molar-refractivity contribution in [1.82, 2.24) is 14.9 Å². The van der Waals surface area contributed by atoms with Gasteiger partial charge in [-0.05, 0) is 32.2 Å². The summed E-state index contributed by atoms with van der Waals surface area (Å²) >= 11 is 0. The van der Waals surface area contributed by atoms with Crippen molar-refractivity contribution in [1.29, 1.82) is 0 Å². The molecule has 0 saturated carbocycles. The van der Waals surface area contributed by atoms with E-state index in [0.29, 0.717) is 13.2 Å². The monoisotopic (exact) mass is 331 g/mol. The average Bonchev–Trinajstić information content (AvgIpc) is 3.04. The zero-order valence-corrected chi connectivity index (χ0v) is 13.0. The van der Waals surface area contributed by atoms with E-state index < -0.39 is 11.9 Å². The predicted octanol–water partition coefficient (Wildman–Crippen LogP) is 2.52. The van der Waals surface area contributed by atoms with Gasteiger partial charge in [0.05, 0.1) is 6.61 Å². The molecule has 2 saturated heterocycles. The van der Waals surface area contributed by atoms with Crippen LogP contribution in [0, 0.1) is 0 Å². The fourth-order valence-electron chi connectivity index (χ4n) is 3.81. The Balaban J connectivity index is 1.63. The summed E-state index contributed by atoms with van der Waals surface area (Å²) < 4.78 is 48.8. The minimum absolute atomic E-state index is 0.0317. The van der Waals surface area contributed by atoms with Crippen LogP contribution in [0.1, 0.15) is 31.4 Å². The lowest BCUT2D eigenvalue weighted by Crippen LogP contribution is -2.47. The third-order valence-corrected chi connectivity index (χ3v) is 4.80. The fourth-order valence-corrected chi connectivity index (χ4v) is 3.81. The van der Waals surface area contributed by atoms with Gasteiger partial charge in [-0.1, -0.05) is 0 Å². The summed E-state index contributed by atoms with van der Waals surface area (Å²) in [5.41, 5.74) is -0.908. The van der Waals surface area contributed by atoms with Crippen LogP contribution in [-0.2, 0) is 10.9 Å². The Kier molecular flexibility index (Phi) is 4.46. The smallest absolute Gasteiger partial charge is 0.433 e. The molecule has 2 aliphatic rings. The number of hydrogen-bond donors (Lipinski definition) is 0. The summed E-state index contributed by atoms with van der Waals surface area (Å²) in [5.74, 6) is -0.0317. The lowest BCUT2D eigenvalue weighted by molar-refractivity contribution is -0.141. The van der Waals surface area contributed by atoms with E-state index >= 15 is 0 Å². The highest BCUT2D eigenvalue weighted by Crippen LogP contribution is 2.42. The molecule has 0 aromatic carbocycles. The molecule has 2 atom stereocenters. The summed E-state index contributed by atoms with van der Waals surface area (Å²) in [5, 5.41) is 0. The molecule has 0 radical (unpaired) electrons. The van der Waals surface area contributed by atoms with Gasteiger partial charge in [-0.15, -0.1) is 0 Å². The van der Waals surface area contributed by atoms with E-state index in [1.165, 1.54) is 0 Å². The van der Waals surface area contributed by atoms with Gasteiger partial charge in [0, 0.05) is 24.8 Å². The molecule has 128 valence electrons. The molecule has 1 aromatic rings. The van der Waals surface area contributed by atoms with Crippen LogP contribution >= 0.6 is 0 Å². The van der Waals surface area contributed by atoms with Crippen LogP contribution in [0.3, 0.4) is 0 Å². The van der Waals surface area contributed by atoms with Crippen molar-refractivity contribution >= 4 is 0 Å². The van der Waals surface area contributed by atoms with Gasteiger partial charge in [-0.25, -0.2) is 9.97 Å². The first kappa shape index (κ1) is 16.4. The van der Waals surface area contributed by atoms with Gasteiger partial charge in [-0.2, -0.15) is 13.2 Å². The molecule has 8 heteroatoms. The molecule has 0 bridgehead atoms. The summed E-state index contributed by atoms with van der Waals surface area (Å²) in [6, 6.07) is 1.04. The van der Waals surface area contributed by atoms with Gasteiger partial charge in [0.2, 0.25) is 5.88 Å². The summed E-state index contributed by atoms with van der Waals surface area (Å²) in [6.07, 6.45) is 0.608. The third-order valence-electron chi connectivity index (χ3n) is 4.80. The van der Waals surface area contributed by atoms with Crippen LogP contribution in [-0.4, -0.2) is 53.3 Å². The first-order valence-electron chi connectivity index (χ1n) is 7.72. The molecule has 0 aliphatic carbocycles. The number of rotatable bonds is 5. The maximum absolute atomic E-state index is 12.7. The van der Waals surface area contributed by atoms with Gasteiger partial charge in [0.25, 0.3) is 0 Å². The lowest BCUT2D eigenvalue weighted by atomic mass is 9.95. The van der Waals surface area contributed by atoms with Gasteiger partial charge < -0.3 is 9.47 Å². The Morgan fingerprint density at radius 3 is 2.91 bits per heavy atom. The van der Waals surface area contributed by atoms with Gasteiger partial charge in [0.15, 0.2) is 5.69 Å². The number of halogens is 3. The molecular weight excluding hydrogens is 311 g/mol. The molecular formula is C15H20F3N3O2. The molecule has 0 amide bonds. The quantitative estimate of drug-likeness (QED) is 0.830. The van der Waals surface area contributed by atoms with Crippen LogP contribution in [0.4, 0.5) is 13.2 Å². The minimum Gasteiger partial charge on any atom is -0.476 e. The van der Waals surface area contributed by atoms with Crippen molar-refractivity contribution in [2.75, 3.05) is 26.9 Å². The van der Waals surface area contributed by atoms with E-state index in [9.17, 15) is 13.2 Å². The molecule has 3 rings (SSSR count). The highest BCUT2D eigenvalue weighted by Gasteiger charge is 2.49. The number of fused-ring (bicyclic) bond motifs is 1. The maximum atomic E-state index is 12.7. The molecule has 5 nitrogen and oxygen atoms in total. The predicted molar refractivity (Wildman–Crippen MR) is 76.1 cm³/mol. The van der Waals surface area contributed by atoms with E-state index in [1.54, 1.807) is 7.11 Å². The number of methoxy groups -OCH3 is 1. The zero-order chi connectivity index (χ0) is 16.5. The molecule has 0 unspecified atom stereocenters. The fraction of sp³-hybridized carbons (Fsp3) is 0.733. The van der Waals surface area contributed by atoms with Crippen LogP contribution in [0.25, 0.3) is 0 Å². The van der Waals surface area contributed by atoms with Crippen molar-refractivity contribution in [3.8, 4) is 5.88 Å². The van der Waals surface area contributed by atoms with Crippen molar-refractivity contribution in [3.05, 3.63) is 18.1 Å². The number of nitrogens with zero attached hydrogens (tertiary/aromatic N) is 3. The van der Waals surface area contributed by atoms with E-state index in [2.05, 4.69) is 14.9 Å². The SMILES string of the molecule is COC[C@]12CCCN1[C@@H](COc1cc(C(F)(F)F)ncn1)CC2. The Labute approximate surface area is 132 Å².